The molecule has 2 atom stereocenters. The summed E-state index contributed by atoms with van der Waals surface area (Å²) in [7, 11) is 0. The summed E-state index contributed by atoms with van der Waals surface area (Å²) >= 11 is 0. The summed E-state index contributed by atoms with van der Waals surface area (Å²) in [5.41, 5.74) is 0.609. The maximum Gasteiger partial charge on any atom is -0.0326 e. The summed E-state index contributed by atoms with van der Waals surface area (Å²) < 4.78 is 0. The molecule has 1 rings (SSSR count). The molecule has 1 aliphatic rings. The fourth-order valence-electron chi connectivity index (χ4n) is 2.58. The van der Waals surface area contributed by atoms with Gasteiger partial charge in [-0.3, -0.25) is 0 Å². The van der Waals surface area contributed by atoms with E-state index in [1.165, 1.54) is 32.1 Å². The summed E-state index contributed by atoms with van der Waals surface area (Å²) in [6, 6.07) is 0. The van der Waals surface area contributed by atoms with Gasteiger partial charge in [-0.15, -0.1) is 0 Å². The molecule has 72 valence electrons. The van der Waals surface area contributed by atoms with Crippen LogP contribution in [0.15, 0.2) is 0 Å². The van der Waals surface area contributed by atoms with E-state index in [2.05, 4.69) is 27.7 Å². The van der Waals surface area contributed by atoms with Crippen LogP contribution in [0.5, 0.6) is 0 Å². The van der Waals surface area contributed by atoms with Gasteiger partial charge in [0.05, 0.1) is 0 Å². The summed E-state index contributed by atoms with van der Waals surface area (Å²) in [6.07, 6.45) is 7.23. The molecular weight excluding hydrogens is 144 g/mol. The lowest BCUT2D eigenvalue weighted by molar-refractivity contribution is 0.103. The molecule has 2 unspecified atom stereocenters. The third-order valence-corrected chi connectivity index (χ3v) is 3.85. The van der Waals surface area contributed by atoms with Crippen LogP contribution in [-0.4, -0.2) is 0 Å². The second-order valence-electron chi connectivity index (χ2n) is 5.33. The van der Waals surface area contributed by atoms with E-state index in [-0.39, 0.29) is 0 Å². The minimum atomic E-state index is 0.609. The fourth-order valence-corrected chi connectivity index (χ4v) is 2.58. The monoisotopic (exact) mass is 168 g/mol. The van der Waals surface area contributed by atoms with Crippen LogP contribution in [0.25, 0.3) is 0 Å². The van der Waals surface area contributed by atoms with Crippen molar-refractivity contribution in [3.8, 4) is 0 Å². The van der Waals surface area contributed by atoms with Crippen molar-refractivity contribution in [2.24, 2.45) is 17.3 Å². The molecule has 0 nitrogen and oxygen atoms in total. The molecule has 0 spiro atoms. The average Bonchev–Trinajstić information content (AvgIpc) is 1.97. The molecule has 0 aromatic rings. The van der Waals surface area contributed by atoms with Gasteiger partial charge in [0.15, 0.2) is 0 Å². The summed E-state index contributed by atoms with van der Waals surface area (Å²) in [5, 5.41) is 0. The van der Waals surface area contributed by atoms with Gasteiger partial charge in [0.1, 0.15) is 0 Å². The van der Waals surface area contributed by atoms with E-state index in [0.29, 0.717) is 5.41 Å². The Morgan fingerprint density at radius 1 is 1.25 bits per heavy atom. The first-order chi connectivity index (χ1) is 5.56. The molecule has 0 aromatic heterocycles. The van der Waals surface area contributed by atoms with Crippen molar-refractivity contribution in [3.63, 3.8) is 0 Å². The largest absolute Gasteiger partial charge is 0.0654 e. The molecule has 0 N–H and O–H groups in total. The van der Waals surface area contributed by atoms with E-state index in [4.69, 9.17) is 0 Å². The highest BCUT2D eigenvalue weighted by molar-refractivity contribution is 4.83. The molecule has 0 saturated heterocycles. The Morgan fingerprint density at radius 2 is 1.92 bits per heavy atom. The molecule has 0 aromatic carbocycles. The SMILES string of the molecule is CCCC1CCC(C)C(C)(C)C1. The maximum atomic E-state index is 2.44. The summed E-state index contributed by atoms with van der Waals surface area (Å²) in [4.78, 5) is 0. The molecule has 12 heavy (non-hydrogen) atoms. The van der Waals surface area contributed by atoms with Gasteiger partial charge in [0.2, 0.25) is 0 Å². The first kappa shape index (κ1) is 10.1. The predicted molar refractivity (Wildman–Crippen MR) is 55.2 cm³/mol. The standard InChI is InChI=1S/C12H24/c1-5-6-11-8-7-10(2)12(3,4)9-11/h10-11H,5-9H2,1-4H3. The van der Waals surface area contributed by atoms with Gasteiger partial charge < -0.3 is 0 Å². The van der Waals surface area contributed by atoms with Crippen molar-refractivity contribution in [2.75, 3.05) is 0 Å². The number of hydrogen-bond donors (Lipinski definition) is 0. The molecular formula is C12H24. The zero-order chi connectivity index (χ0) is 9.19. The van der Waals surface area contributed by atoms with Gasteiger partial charge in [0, 0.05) is 0 Å². The van der Waals surface area contributed by atoms with E-state index >= 15 is 0 Å². The van der Waals surface area contributed by atoms with Crippen LogP contribution in [0.3, 0.4) is 0 Å². The van der Waals surface area contributed by atoms with Crippen LogP contribution in [0.2, 0.25) is 0 Å². The topological polar surface area (TPSA) is 0 Å². The van der Waals surface area contributed by atoms with Crippen molar-refractivity contribution in [3.05, 3.63) is 0 Å². The van der Waals surface area contributed by atoms with Gasteiger partial charge in [-0.25, -0.2) is 0 Å². The molecule has 1 aliphatic carbocycles. The van der Waals surface area contributed by atoms with Crippen molar-refractivity contribution in [1.29, 1.82) is 0 Å². The smallest absolute Gasteiger partial charge is 0.0326 e. The molecule has 0 aliphatic heterocycles. The zero-order valence-corrected chi connectivity index (χ0v) is 9.19. The highest BCUT2D eigenvalue weighted by Gasteiger charge is 2.33. The van der Waals surface area contributed by atoms with Crippen molar-refractivity contribution in [1.82, 2.24) is 0 Å². The van der Waals surface area contributed by atoms with Crippen molar-refractivity contribution >= 4 is 0 Å². The Balaban J connectivity index is 2.45. The van der Waals surface area contributed by atoms with E-state index in [1.54, 1.807) is 0 Å². The molecule has 0 heterocycles. The highest BCUT2D eigenvalue weighted by Crippen LogP contribution is 2.44. The first-order valence-electron chi connectivity index (χ1n) is 5.56. The van der Waals surface area contributed by atoms with Crippen LogP contribution in [-0.2, 0) is 0 Å². The third-order valence-electron chi connectivity index (χ3n) is 3.85. The Morgan fingerprint density at radius 3 is 2.42 bits per heavy atom. The minimum absolute atomic E-state index is 0.609. The molecule has 0 bridgehead atoms. The lowest BCUT2D eigenvalue weighted by Crippen LogP contribution is -2.30. The molecule has 1 fully saturated rings. The predicted octanol–water partition coefficient (Wildman–Crippen LogP) is 4.25. The first-order valence-corrected chi connectivity index (χ1v) is 5.56. The van der Waals surface area contributed by atoms with E-state index in [0.717, 1.165) is 11.8 Å². The number of rotatable bonds is 2. The zero-order valence-electron chi connectivity index (χ0n) is 9.19. The molecule has 0 heteroatoms. The van der Waals surface area contributed by atoms with E-state index < -0.39 is 0 Å². The van der Waals surface area contributed by atoms with Gasteiger partial charge in [-0.05, 0) is 30.1 Å². The second-order valence-corrected chi connectivity index (χ2v) is 5.33. The quantitative estimate of drug-likeness (QED) is 0.578. The van der Waals surface area contributed by atoms with Crippen LogP contribution in [0.1, 0.15) is 59.8 Å². The van der Waals surface area contributed by atoms with Crippen LogP contribution in [0.4, 0.5) is 0 Å². The average molecular weight is 168 g/mol. The fraction of sp³-hybridized carbons (Fsp3) is 1.00. The van der Waals surface area contributed by atoms with Crippen LogP contribution < -0.4 is 0 Å². The summed E-state index contributed by atoms with van der Waals surface area (Å²) in [5.74, 6) is 1.96. The maximum absolute atomic E-state index is 2.44. The van der Waals surface area contributed by atoms with E-state index in [9.17, 15) is 0 Å². The molecule has 0 radical (unpaired) electrons. The Kier molecular flexibility index (Phi) is 3.20. The second kappa shape index (κ2) is 3.81. The Labute approximate surface area is 77.7 Å². The van der Waals surface area contributed by atoms with Gasteiger partial charge in [-0.1, -0.05) is 47.0 Å². The highest BCUT2D eigenvalue weighted by atomic mass is 14.4. The Hall–Kier alpha value is 0. The van der Waals surface area contributed by atoms with Crippen LogP contribution >= 0.6 is 0 Å². The normalized spacial score (nSPS) is 35.0. The summed E-state index contributed by atoms with van der Waals surface area (Å²) in [6.45, 7) is 9.62. The van der Waals surface area contributed by atoms with Crippen molar-refractivity contribution in [2.45, 2.75) is 59.8 Å². The van der Waals surface area contributed by atoms with Crippen molar-refractivity contribution < 1.29 is 0 Å². The lowest BCUT2D eigenvalue weighted by atomic mass is 9.65. The Bertz CT molecular complexity index is 135. The molecule has 1 saturated carbocycles. The van der Waals surface area contributed by atoms with Gasteiger partial charge in [-0.2, -0.15) is 0 Å². The van der Waals surface area contributed by atoms with Gasteiger partial charge in [0.25, 0.3) is 0 Å². The van der Waals surface area contributed by atoms with Gasteiger partial charge >= 0.3 is 0 Å². The number of hydrogen-bond acceptors (Lipinski definition) is 0. The van der Waals surface area contributed by atoms with E-state index in [1.807, 2.05) is 0 Å². The lowest BCUT2D eigenvalue weighted by Gasteiger charge is -2.40. The third kappa shape index (κ3) is 2.24. The van der Waals surface area contributed by atoms with Crippen LogP contribution in [0, 0.1) is 17.3 Å². The minimum Gasteiger partial charge on any atom is -0.0654 e. The molecule has 0 amide bonds.